The molecule has 0 bridgehead atoms. The summed E-state index contributed by atoms with van der Waals surface area (Å²) in [7, 11) is 0. The predicted molar refractivity (Wildman–Crippen MR) is 93.3 cm³/mol. The van der Waals surface area contributed by atoms with Gasteiger partial charge in [0.25, 0.3) is 0 Å². The number of aromatic nitrogens is 5. The SMILES string of the molecule is Cc1cc(-c2c(-c3ccc(F)cc3)nc(N)n3ncnc23)c(C)cn1. The van der Waals surface area contributed by atoms with E-state index in [-0.39, 0.29) is 11.8 Å². The number of pyridine rings is 1. The number of rotatable bonds is 2. The van der Waals surface area contributed by atoms with Gasteiger partial charge in [-0.1, -0.05) is 0 Å². The first-order valence-corrected chi connectivity index (χ1v) is 7.73. The topological polar surface area (TPSA) is 82.0 Å². The van der Waals surface area contributed by atoms with Gasteiger partial charge >= 0.3 is 0 Å². The highest BCUT2D eigenvalue weighted by molar-refractivity contribution is 5.91. The van der Waals surface area contributed by atoms with E-state index in [9.17, 15) is 4.39 Å². The summed E-state index contributed by atoms with van der Waals surface area (Å²) < 4.78 is 14.8. The minimum absolute atomic E-state index is 0.221. The molecule has 1 aromatic carbocycles. The van der Waals surface area contributed by atoms with Gasteiger partial charge in [0.1, 0.15) is 12.1 Å². The predicted octanol–water partition coefficient (Wildman–Crippen LogP) is 3.19. The van der Waals surface area contributed by atoms with Crippen LogP contribution in [0.15, 0.2) is 42.9 Å². The number of hydrogen-bond acceptors (Lipinski definition) is 5. The van der Waals surface area contributed by atoms with E-state index >= 15 is 0 Å². The Morgan fingerprint density at radius 3 is 2.60 bits per heavy atom. The normalized spacial score (nSPS) is 11.2. The highest BCUT2D eigenvalue weighted by Crippen LogP contribution is 2.36. The van der Waals surface area contributed by atoms with Crippen molar-refractivity contribution in [3.8, 4) is 22.4 Å². The fraction of sp³-hybridized carbons (Fsp3) is 0.111. The van der Waals surface area contributed by atoms with Gasteiger partial charge in [0.05, 0.1) is 11.3 Å². The molecule has 0 saturated heterocycles. The molecule has 0 atom stereocenters. The Labute approximate surface area is 143 Å². The lowest BCUT2D eigenvalue weighted by Crippen LogP contribution is -2.06. The average molecular weight is 334 g/mol. The van der Waals surface area contributed by atoms with Crippen LogP contribution < -0.4 is 5.73 Å². The Balaban J connectivity index is 2.12. The van der Waals surface area contributed by atoms with Crippen LogP contribution in [0.1, 0.15) is 11.3 Å². The van der Waals surface area contributed by atoms with E-state index in [1.54, 1.807) is 12.1 Å². The number of benzene rings is 1. The Hall–Kier alpha value is -3.35. The molecular formula is C18H15FN6. The number of nitrogens with two attached hydrogens (primary N) is 1. The summed E-state index contributed by atoms with van der Waals surface area (Å²) in [6.45, 7) is 3.89. The summed E-state index contributed by atoms with van der Waals surface area (Å²) in [6.07, 6.45) is 3.25. The van der Waals surface area contributed by atoms with Crippen LogP contribution in [0.5, 0.6) is 0 Å². The third kappa shape index (κ3) is 2.50. The van der Waals surface area contributed by atoms with E-state index in [4.69, 9.17) is 5.73 Å². The molecule has 0 aliphatic rings. The van der Waals surface area contributed by atoms with Crippen LogP contribution in [0.3, 0.4) is 0 Å². The first-order chi connectivity index (χ1) is 12.0. The quantitative estimate of drug-likeness (QED) is 0.609. The lowest BCUT2D eigenvalue weighted by atomic mass is 9.97. The van der Waals surface area contributed by atoms with Crippen molar-refractivity contribution in [1.29, 1.82) is 0 Å². The zero-order chi connectivity index (χ0) is 17.6. The molecule has 2 N–H and O–H groups in total. The number of nitrogens with zero attached hydrogens (tertiary/aromatic N) is 5. The summed E-state index contributed by atoms with van der Waals surface area (Å²) in [5.41, 5.74) is 11.6. The summed E-state index contributed by atoms with van der Waals surface area (Å²) in [5, 5.41) is 4.15. The number of aryl methyl sites for hydroxylation is 2. The zero-order valence-corrected chi connectivity index (χ0v) is 13.7. The third-order valence-electron chi connectivity index (χ3n) is 4.08. The maximum absolute atomic E-state index is 13.3. The molecule has 4 aromatic rings. The summed E-state index contributed by atoms with van der Waals surface area (Å²) in [6, 6.07) is 8.13. The largest absolute Gasteiger partial charge is 0.368 e. The zero-order valence-electron chi connectivity index (χ0n) is 13.7. The van der Waals surface area contributed by atoms with Gasteiger partial charge < -0.3 is 5.73 Å². The number of nitrogen functional groups attached to an aromatic ring is 1. The van der Waals surface area contributed by atoms with Crippen molar-refractivity contribution in [2.45, 2.75) is 13.8 Å². The van der Waals surface area contributed by atoms with Gasteiger partial charge in [-0.05, 0) is 55.3 Å². The Morgan fingerprint density at radius 1 is 1.08 bits per heavy atom. The average Bonchev–Trinajstić information content (AvgIpc) is 3.08. The first kappa shape index (κ1) is 15.2. The molecule has 0 unspecified atom stereocenters. The van der Waals surface area contributed by atoms with Crippen LogP contribution in [0, 0.1) is 19.7 Å². The highest BCUT2D eigenvalue weighted by Gasteiger charge is 2.19. The van der Waals surface area contributed by atoms with Crippen LogP contribution >= 0.6 is 0 Å². The maximum atomic E-state index is 13.3. The monoisotopic (exact) mass is 334 g/mol. The minimum atomic E-state index is -0.308. The van der Waals surface area contributed by atoms with Crippen LogP contribution in [0.4, 0.5) is 10.3 Å². The third-order valence-corrected chi connectivity index (χ3v) is 4.08. The van der Waals surface area contributed by atoms with Gasteiger partial charge in [-0.15, -0.1) is 0 Å². The van der Waals surface area contributed by atoms with Crippen molar-refractivity contribution in [2.24, 2.45) is 0 Å². The van der Waals surface area contributed by atoms with Crippen molar-refractivity contribution in [3.63, 3.8) is 0 Å². The van der Waals surface area contributed by atoms with Gasteiger partial charge in [0.2, 0.25) is 5.95 Å². The molecule has 4 rings (SSSR count). The van der Waals surface area contributed by atoms with E-state index < -0.39 is 0 Å². The number of halogens is 1. The van der Waals surface area contributed by atoms with Gasteiger partial charge in [0, 0.05) is 17.5 Å². The molecule has 0 aliphatic carbocycles. The fourth-order valence-electron chi connectivity index (χ4n) is 2.87. The molecule has 7 heteroatoms. The molecule has 124 valence electrons. The molecule has 0 amide bonds. The Kier molecular flexibility index (Phi) is 3.42. The van der Waals surface area contributed by atoms with Crippen LogP contribution in [0.25, 0.3) is 28.0 Å². The molecule has 0 spiro atoms. The standard InChI is InChI=1S/C18H15FN6/c1-10-8-21-11(2)7-14(10)15-16(12-3-5-13(19)6-4-12)24-18(20)25-17(15)22-9-23-25/h3-9H,1-2H3,(H2,20,24). The summed E-state index contributed by atoms with van der Waals surface area (Å²) in [5.74, 6) is -0.0863. The van der Waals surface area contributed by atoms with Crippen molar-refractivity contribution < 1.29 is 4.39 Å². The van der Waals surface area contributed by atoms with E-state index in [0.29, 0.717) is 11.3 Å². The van der Waals surface area contributed by atoms with Crippen LogP contribution in [-0.4, -0.2) is 24.6 Å². The second kappa shape index (κ2) is 5.62. The highest BCUT2D eigenvalue weighted by atomic mass is 19.1. The Bertz CT molecular complexity index is 1080. The molecule has 0 radical (unpaired) electrons. The van der Waals surface area contributed by atoms with E-state index in [1.807, 2.05) is 26.1 Å². The molecular weight excluding hydrogens is 319 g/mol. The van der Waals surface area contributed by atoms with Gasteiger partial charge in [-0.3, -0.25) is 4.98 Å². The van der Waals surface area contributed by atoms with E-state index in [1.165, 1.54) is 23.0 Å². The fourth-order valence-corrected chi connectivity index (χ4v) is 2.87. The smallest absolute Gasteiger partial charge is 0.223 e. The van der Waals surface area contributed by atoms with Crippen LogP contribution in [-0.2, 0) is 0 Å². The van der Waals surface area contributed by atoms with Crippen molar-refractivity contribution in [3.05, 3.63) is 59.9 Å². The molecule has 0 fully saturated rings. The number of anilines is 1. The summed E-state index contributed by atoms with van der Waals surface area (Å²) >= 11 is 0. The van der Waals surface area contributed by atoms with E-state index in [2.05, 4.69) is 20.1 Å². The number of fused-ring (bicyclic) bond motifs is 1. The summed E-state index contributed by atoms with van der Waals surface area (Å²) in [4.78, 5) is 13.2. The first-order valence-electron chi connectivity index (χ1n) is 7.73. The molecule has 3 aromatic heterocycles. The van der Waals surface area contributed by atoms with Gasteiger partial charge in [-0.25, -0.2) is 14.4 Å². The molecule has 0 saturated carbocycles. The maximum Gasteiger partial charge on any atom is 0.223 e. The van der Waals surface area contributed by atoms with Crippen molar-refractivity contribution in [2.75, 3.05) is 5.73 Å². The number of hydrogen-bond donors (Lipinski definition) is 1. The van der Waals surface area contributed by atoms with E-state index in [0.717, 1.165) is 27.9 Å². The lowest BCUT2D eigenvalue weighted by molar-refractivity contribution is 0.628. The molecule has 6 nitrogen and oxygen atoms in total. The van der Waals surface area contributed by atoms with Crippen molar-refractivity contribution in [1.82, 2.24) is 24.6 Å². The second-order valence-corrected chi connectivity index (χ2v) is 5.84. The van der Waals surface area contributed by atoms with Crippen LogP contribution in [0.2, 0.25) is 0 Å². The molecule has 0 aliphatic heterocycles. The Morgan fingerprint density at radius 2 is 1.84 bits per heavy atom. The molecule has 3 heterocycles. The molecule has 25 heavy (non-hydrogen) atoms. The second-order valence-electron chi connectivity index (χ2n) is 5.84. The van der Waals surface area contributed by atoms with Gasteiger partial charge in [-0.2, -0.15) is 9.61 Å². The van der Waals surface area contributed by atoms with Gasteiger partial charge in [0.15, 0.2) is 5.65 Å². The lowest BCUT2D eigenvalue weighted by Gasteiger charge is -2.14. The van der Waals surface area contributed by atoms with Crippen molar-refractivity contribution >= 4 is 11.6 Å². The minimum Gasteiger partial charge on any atom is -0.368 e.